The van der Waals surface area contributed by atoms with Gasteiger partial charge >= 0.3 is 0 Å². The summed E-state index contributed by atoms with van der Waals surface area (Å²) in [5, 5.41) is 0. The molecule has 17 heavy (non-hydrogen) atoms. The maximum Gasteiger partial charge on any atom is 0.0592 e. The van der Waals surface area contributed by atoms with Crippen LogP contribution in [0.25, 0.3) is 0 Å². The number of aromatic nitrogens is 1. The van der Waals surface area contributed by atoms with Gasteiger partial charge in [0.15, 0.2) is 0 Å². The van der Waals surface area contributed by atoms with Gasteiger partial charge in [-0.15, -0.1) is 0 Å². The van der Waals surface area contributed by atoms with Gasteiger partial charge in [-0.1, -0.05) is 0 Å². The molecular formula is C13H20BrN3. The maximum atomic E-state index is 4.11. The molecule has 0 N–H and O–H groups in total. The predicted octanol–water partition coefficient (Wildman–Crippen LogP) is 2.76. The van der Waals surface area contributed by atoms with Crippen LogP contribution in [0.1, 0.15) is 19.3 Å². The predicted molar refractivity (Wildman–Crippen MR) is 75.5 cm³/mol. The van der Waals surface area contributed by atoms with E-state index in [1.54, 1.807) is 0 Å². The second kappa shape index (κ2) is 4.94. The van der Waals surface area contributed by atoms with Gasteiger partial charge in [0.1, 0.15) is 0 Å². The highest BCUT2D eigenvalue weighted by Crippen LogP contribution is 2.38. The molecule has 0 aliphatic heterocycles. The molecule has 0 bridgehead atoms. The van der Waals surface area contributed by atoms with Crippen molar-refractivity contribution in [1.82, 2.24) is 9.88 Å². The first-order chi connectivity index (χ1) is 8.05. The summed E-state index contributed by atoms with van der Waals surface area (Å²) in [4.78, 5) is 8.81. The zero-order chi connectivity index (χ0) is 12.5. The van der Waals surface area contributed by atoms with E-state index >= 15 is 0 Å². The van der Waals surface area contributed by atoms with Gasteiger partial charge in [-0.2, -0.15) is 0 Å². The van der Waals surface area contributed by atoms with Crippen molar-refractivity contribution >= 4 is 21.6 Å². The van der Waals surface area contributed by atoms with Crippen molar-refractivity contribution in [3.63, 3.8) is 0 Å². The molecule has 2 rings (SSSR count). The minimum absolute atomic E-state index is 0.359. The summed E-state index contributed by atoms with van der Waals surface area (Å²) in [6.07, 6.45) is 7.65. The summed E-state index contributed by atoms with van der Waals surface area (Å²) < 4.78 is 1.07. The van der Waals surface area contributed by atoms with Gasteiger partial charge in [0.2, 0.25) is 0 Å². The van der Waals surface area contributed by atoms with Crippen molar-refractivity contribution in [2.45, 2.75) is 24.8 Å². The van der Waals surface area contributed by atoms with Gasteiger partial charge in [-0.3, -0.25) is 4.98 Å². The number of pyridine rings is 1. The van der Waals surface area contributed by atoms with Crippen molar-refractivity contribution in [1.29, 1.82) is 0 Å². The smallest absolute Gasteiger partial charge is 0.0592 e. The molecule has 1 aromatic rings. The van der Waals surface area contributed by atoms with Crippen LogP contribution >= 0.6 is 15.9 Å². The number of hydrogen-bond donors (Lipinski definition) is 0. The van der Waals surface area contributed by atoms with E-state index in [1.165, 1.54) is 24.9 Å². The Kier molecular flexibility index (Phi) is 3.73. The van der Waals surface area contributed by atoms with E-state index in [1.807, 2.05) is 12.4 Å². The lowest BCUT2D eigenvalue weighted by Gasteiger charge is -2.49. The summed E-state index contributed by atoms with van der Waals surface area (Å²) in [7, 11) is 6.53. The molecule has 0 atom stereocenters. The first kappa shape index (κ1) is 12.8. The lowest BCUT2D eigenvalue weighted by Crippen LogP contribution is -2.56. The molecule has 94 valence electrons. The Morgan fingerprint density at radius 1 is 1.35 bits per heavy atom. The van der Waals surface area contributed by atoms with E-state index in [2.05, 4.69) is 57.9 Å². The molecule has 1 saturated carbocycles. The molecule has 1 aromatic heterocycles. The van der Waals surface area contributed by atoms with Gasteiger partial charge in [-0.05, 0) is 55.4 Å². The van der Waals surface area contributed by atoms with Crippen molar-refractivity contribution in [2.24, 2.45) is 0 Å². The lowest BCUT2D eigenvalue weighted by atomic mass is 9.75. The quantitative estimate of drug-likeness (QED) is 0.852. The van der Waals surface area contributed by atoms with Gasteiger partial charge in [-0.25, -0.2) is 0 Å². The fourth-order valence-corrected chi connectivity index (χ4v) is 3.09. The number of halogens is 1. The maximum absolute atomic E-state index is 4.11. The normalized spacial score (nSPS) is 17.9. The highest BCUT2D eigenvalue weighted by Gasteiger charge is 2.40. The van der Waals surface area contributed by atoms with Crippen LogP contribution in [0, 0.1) is 0 Å². The van der Waals surface area contributed by atoms with Gasteiger partial charge < -0.3 is 9.80 Å². The Morgan fingerprint density at radius 2 is 2.06 bits per heavy atom. The van der Waals surface area contributed by atoms with Crippen LogP contribution in [-0.4, -0.2) is 43.1 Å². The molecule has 3 nitrogen and oxygen atoms in total. The lowest BCUT2D eigenvalue weighted by molar-refractivity contribution is 0.0683. The summed E-state index contributed by atoms with van der Waals surface area (Å²) in [6, 6.07) is 2.06. The Balaban J connectivity index is 2.11. The number of likely N-dealkylation sites (N-methyl/N-ethyl adjacent to an activating group) is 2. The van der Waals surface area contributed by atoms with Crippen molar-refractivity contribution < 1.29 is 0 Å². The Labute approximate surface area is 112 Å². The van der Waals surface area contributed by atoms with E-state index in [4.69, 9.17) is 0 Å². The van der Waals surface area contributed by atoms with Crippen LogP contribution in [0.15, 0.2) is 22.9 Å². The van der Waals surface area contributed by atoms with Crippen LogP contribution in [0.5, 0.6) is 0 Å². The zero-order valence-electron chi connectivity index (χ0n) is 10.8. The number of anilines is 1. The minimum atomic E-state index is 0.359. The first-order valence-electron chi connectivity index (χ1n) is 6.03. The summed E-state index contributed by atoms with van der Waals surface area (Å²) in [5.74, 6) is 0. The van der Waals surface area contributed by atoms with Crippen LogP contribution in [0.3, 0.4) is 0 Å². The van der Waals surface area contributed by atoms with E-state index in [0.717, 1.165) is 11.0 Å². The Morgan fingerprint density at radius 3 is 2.53 bits per heavy atom. The second-order valence-electron chi connectivity index (χ2n) is 5.16. The van der Waals surface area contributed by atoms with Crippen LogP contribution in [0.4, 0.5) is 5.69 Å². The standard InChI is InChI=1S/C13H20BrN3/c1-16(2)13(6-4-7-13)10-17(3)12-5-8-15-9-11(12)14/h5,8-9H,4,6-7,10H2,1-3H3. The molecule has 0 amide bonds. The number of hydrogen-bond acceptors (Lipinski definition) is 3. The third-order valence-electron chi connectivity index (χ3n) is 3.93. The van der Waals surface area contributed by atoms with E-state index in [-0.39, 0.29) is 0 Å². The van der Waals surface area contributed by atoms with Gasteiger partial charge in [0, 0.05) is 31.5 Å². The average molecular weight is 298 g/mol. The summed E-state index contributed by atoms with van der Waals surface area (Å²) in [5.41, 5.74) is 1.57. The number of nitrogens with zero attached hydrogens (tertiary/aromatic N) is 3. The van der Waals surface area contributed by atoms with Gasteiger partial charge in [0.25, 0.3) is 0 Å². The fourth-order valence-electron chi connectivity index (χ4n) is 2.54. The molecule has 1 fully saturated rings. The Hall–Kier alpha value is -0.610. The van der Waals surface area contributed by atoms with Crippen LogP contribution in [-0.2, 0) is 0 Å². The van der Waals surface area contributed by atoms with E-state index in [9.17, 15) is 0 Å². The molecular weight excluding hydrogens is 278 g/mol. The minimum Gasteiger partial charge on any atom is -0.372 e. The molecule has 1 aliphatic rings. The zero-order valence-corrected chi connectivity index (χ0v) is 12.4. The molecule has 0 aromatic carbocycles. The van der Waals surface area contributed by atoms with Crippen molar-refractivity contribution in [3.8, 4) is 0 Å². The van der Waals surface area contributed by atoms with E-state index in [0.29, 0.717) is 5.54 Å². The summed E-state index contributed by atoms with van der Waals surface area (Å²) >= 11 is 3.56. The second-order valence-corrected chi connectivity index (χ2v) is 6.01. The van der Waals surface area contributed by atoms with Crippen molar-refractivity contribution in [3.05, 3.63) is 22.9 Å². The SMILES string of the molecule is CN(CC1(N(C)C)CCC1)c1ccncc1Br. The summed E-state index contributed by atoms with van der Waals surface area (Å²) in [6.45, 7) is 1.07. The average Bonchev–Trinajstić information content (AvgIpc) is 2.23. The first-order valence-corrected chi connectivity index (χ1v) is 6.82. The molecule has 1 aliphatic carbocycles. The van der Waals surface area contributed by atoms with Crippen LogP contribution in [0.2, 0.25) is 0 Å². The van der Waals surface area contributed by atoms with Crippen molar-refractivity contribution in [2.75, 3.05) is 32.6 Å². The largest absolute Gasteiger partial charge is 0.372 e. The molecule has 0 spiro atoms. The fraction of sp³-hybridized carbons (Fsp3) is 0.615. The highest BCUT2D eigenvalue weighted by molar-refractivity contribution is 9.10. The van der Waals surface area contributed by atoms with Gasteiger partial charge in [0.05, 0.1) is 10.2 Å². The monoisotopic (exact) mass is 297 g/mol. The highest BCUT2D eigenvalue weighted by atomic mass is 79.9. The van der Waals surface area contributed by atoms with E-state index < -0.39 is 0 Å². The molecule has 0 unspecified atom stereocenters. The molecule has 0 saturated heterocycles. The topological polar surface area (TPSA) is 19.4 Å². The Bertz CT molecular complexity index is 388. The third-order valence-corrected chi connectivity index (χ3v) is 4.54. The van der Waals surface area contributed by atoms with Crippen LogP contribution < -0.4 is 4.90 Å². The third kappa shape index (κ3) is 2.47. The molecule has 4 heteroatoms. The molecule has 0 radical (unpaired) electrons. The number of rotatable bonds is 4. The molecule has 1 heterocycles.